The van der Waals surface area contributed by atoms with Gasteiger partial charge in [0.1, 0.15) is 0 Å². The van der Waals surface area contributed by atoms with Crippen molar-refractivity contribution in [3.8, 4) is 11.3 Å². The molecule has 29 heavy (non-hydrogen) atoms. The van der Waals surface area contributed by atoms with Gasteiger partial charge in [0.05, 0.1) is 16.8 Å². The van der Waals surface area contributed by atoms with E-state index in [-0.39, 0.29) is 5.56 Å². The first kappa shape index (κ1) is 20.3. The Morgan fingerprint density at radius 2 is 1.76 bits per heavy atom. The van der Waals surface area contributed by atoms with Crippen LogP contribution in [0, 0.1) is 0 Å². The Labute approximate surface area is 172 Å². The van der Waals surface area contributed by atoms with Crippen LogP contribution >= 0.6 is 11.6 Å². The van der Waals surface area contributed by atoms with Gasteiger partial charge in [-0.15, -0.1) is 0 Å². The molecule has 0 spiro atoms. The number of nitrogens with one attached hydrogen (secondary N) is 2. The summed E-state index contributed by atoms with van der Waals surface area (Å²) in [6.07, 6.45) is -1.17. The van der Waals surface area contributed by atoms with Gasteiger partial charge in [0.15, 0.2) is 6.10 Å². The topological polar surface area (TPSA) is 97.4 Å². The maximum Gasteiger partial charge on any atom is 0.339 e. The number of fused-ring (bicyclic) bond motifs is 1. The third-order valence-electron chi connectivity index (χ3n) is 4.20. The quantitative estimate of drug-likeness (QED) is 0.640. The van der Waals surface area contributed by atoms with Gasteiger partial charge in [-0.2, -0.15) is 0 Å². The van der Waals surface area contributed by atoms with E-state index in [1.807, 2.05) is 6.07 Å². The number of nitrogens with zero attached hydrogens (tertiary/aromatic N) is 1. The van der Waals surface area contributed by atoms with E-state index in [0.29, 0.717) is 27.2 Å². The van der Waals surface area contributed by atoms with Gasteiger partial charge in [-0.1, -0.05) is 48.0 Å². The normalized spacial score (nSPS) is 11.6. The van der Waals surface area contributed by atoms with Crippen LogP contribution in [0.15, 0.2) is 54.6 Å². The molecule has 2 aromatic carbocycles. The molecule has 0 fully saturated rings. The fraction of sp³-hybridized carbons (Fsp3) is 0.143. The second-order valence-corrected chi connectivity index (χ2v) is 6.58. The van der Waals surface area contributed by atoms with Crippen LogP contribution in [-0.2, 0) is 9.53 Å². The van der Waals surface area contributed by atoms with Crippen molar-refractivity contribution >= 4 is 40.4 Å². The number of halogens is 1. The fourth-order valence-electron chi connectivity index (χ4n) is 2.70. The number of carbonyl (C=O) groups excluding carboxylic acids is 3. The van der Waals surface area contributed by atoms with E-state index in [0.717, 1.165) is 0 Å². The summed E-state index contributed by atoms with van der Waals surface area (Å²) < 4.78 is 5.28. The number of ether oxygens (including phenoxy) is 1. The molecule has 0 saturated heterocycles. The zero-order valence-electron chi connectivity index (χ0n) is 15.7. The lowest BCUT2D eigenvalue weighted by atomic mass is 10.0. The molecule has 0 bridgehead atoms. The van der Waals surface area contributed by atoms with Crippen molar-refractivity contribution in [2.24, 2.45) is 0 Å². The Morgan fingerprint density at radius 3 is 2.48 bits per heavy atom. The van der Waals surface area contributed by atoms with Gasteiger partial charge in [-0.05, 0) is 25.1 Å². The molecule has 148 valence electrons. The van der Waals surface area contributed by atoms with Gasteiger partial charge in [0.25, 0.3) is 5.91 Å². The van der Waals surface area contributed by atoms with E-state index in [2.05, 4.69) is 15.6 Å². The highest BCUT2D eigenvalue weighted by atomic mass is 35.5. The molecule has 7 nitrogen and oxygen atoms in total. The van der Waals surface area contributed by atoms with Crippen molar-refractivity contribution < 1.29 is 19.1 Å². The maximum atomic E-state index is 12.8. The molecular weight excluding hydrogens is 394 g/mol. The summed E-state index contributed by atoms with van der Waals surface area (Å²) in [5.41, 5.74) is 1.99. The summed E-state index contributed by atoms with van der Waals surface area (Å²) in [5.74, 6) is -1.45. The molecule has 0 aliphatic rings. The molecule has 3 rings (SSSR count). The second-order valence-electron chi connectivity index (χ2n) is 6.17. The van der Waals surface area contributed by atoms with Gasteiger partial charge in [0.2, 0.25) is 0 Å². The van der Waals surface area contributed by atoms with Crippen LogP contribution < -0.4 is 10.6 Å². The van der Waals surface area contributed by atoms with Crippen LogP contribution in [0.3, 0.4) is 0 Å². The smallest absolute Gasteiger partial charge is 0.339 e. The maximum absolute atomic E-state index is 12.8. The summed E-state index contributed by atoms with van der Waals surface area (Å²) in [6, 6.07) is 15.1. The number of para-hydroxylation sites is 1. The van der Waals surface area contributed by atoms with Crippen LogP contribution in [0.1, 0.15) is 17.3 Å². The molecule has 0 radical (unpaired) electrons. The molecule has 0 saturated carbocycles. The standard InChI is InChI=1S/C21H18ClN3O4/c1-12(19(26)25-21(28)23-2)29-20(27)15-11-18(14-8-3-5-9-16(14)22)24-17-10-6-4-7-13(15)17/h3-12H,1-2H3,(H2,23,25,26,28)/t12-/m1/s1. The number of carbonyl (C=O) groups is 3. The lowest BCUT2D eigenvalue weighted by Gasteiger charge is -2.14. The molecule has 2 N–H and O–H groups in total. The number of hydrogen-bond acceptors (Lipinski definition) is 5. The Kier molecular flexibility index (Phi) is 6.09. The second kappa shape index (κ2) is 8.70. The Bertz CT molecular complexity index is 1100. The minimum Gasteiger partial charge on any atom is -0.449 e. The largest absolute Gasteiger partial charge is 0.449 e. The molecular formula is C21H18ClN3O4. The monoisotopic (exact) mass is 411 g/mol. The van der Waals surface area contributed by atoms with Crippen molar-refractivity contribution in [2.45, 2.75) is 13.0 Å². The van der Waals surface area contributed by atoms with E-state index < -0.39 is 24.0 Å². The number of esters is 1. The average Bonchev–Trinajstić information content (AvgIpc) is 2.72. The number of rotatable bonds is 4. The number of urea groups is 1. The Morgan fingerprint density at radius 1 is 1.07 bits per heavy atom. The molecule has 0 aliphatic carbocycles. The molecule has 8 heteroatoms. The molecule has 1 heterocycles. The predicted molar refractivity (Wildman–Crippen MR) is 110 cm³/mol. The number of benzene rings is 2. The van der Waals surface area contributed by atoms with Crippen molar-refractivity contribution in [2.75, 3.05) is 7.05 Å². The third-order valence-corrected chi connectivity index (χ3v) is 4.53. The first-order valence-electron chi connectivity index (χ1n) is 8.79. The predicted octanol–water partition coefficient (Wildman–Crippen LogP) is 3.56. The van der Waals surface area contributed by atoms with Crippen molar-refractivity contribution in [3.05, 3.63) is 65.2 Å². The average molecular weight is 412 g/mol. The van der Waals surface area contributed by atoms with E-state index in [1.54, 1.807) is 48.5 Å². The Hall–Kier alpha value is -3.45. The number of hydrogen-bond donors (Lipinski definition) is 2. The van der Waals surface area contributed by atoms with Gasteiger partial charge < -0.3 is 10.1 Å². The van der Waals surface area contributed by atoms with Crippen LogP contribution in [0.5, 0.6) is 0 Å². The summed E-state index contributed by atoms with van der Waals surface area (Å²) >= 11 is 6.28. The summed E-state index contributed by atoms with van der Waals surface area (Å²) in [5, 5.41) is 5.40. The number of pyridine rings is 1. The van der Waals surface area contributed by atoms with Gasteiger partial charge >= 0.3 is 12.0 Å². The lowest BCUT2D eigenvalue weighted by Crippen LogP contribution is -2.43. The molecule has 3 amide bonds. The molecule has 1 atom stereocenters. The van der Waals surface area contributed by atoms with Crippen molar-refractivity contribution in [1.29, 1.82) is 0 Å². The van der Waals surface area contributed by atoms with Crippen molar-refractivity contribution in [3.63, 3.8) is 0 Å². The molecule has 1 aromatic heterocycles. The molecule has 3 aromatic rings. The van der Waals surface area contributed by atoms with Gasteiger partial charge in [0, 0.05) is 23.0 Å². The summed E-state index contributed by atoms with van der Waals surface area (Å²) in [6.45, 7) is 1.38. The van der Waals surface area contributed by atoms with E-state index in [1.165, 1.54) is 14.0 Å². The zero-order chi connectivity index (χ0) is 21.0. The van der Waals surface area contributed by atoms with Crippen LogP contribution in [0.2, 0.25) is 5.02 Å². The van der Waals surface area contributed by atoms with Crippen molar-refractivity contribution in [1.82, 2.24) is 15.6 Å². The fourth-order valence-corrected chi connectivity index (χ4v) is 2.94. The highest BCUT2D eigenvalue weighted by Crippen LogP contribution is 2.30. The third kappa shape index (κ3) is 4.52. The number of aromatic nitrogens is 1. The van der Waals surface area contributed by atoms with E-state index in [9.17, 15) is 14.4 Å². The highest BCUT2D eigenvalue weighted by molar-refractivity contribution is 6.33. The SMILES string of the molecule is CNC(=O)NC(=O)[C@@H](C)OC(=O)c1cc(-c2ccccc2Cl)nc2ccccc12. The zero-order valence-corrected chi connectivity index (χ0v) is 16.5. The van der Waals surface area contributed by atoms with E-state index in [4.69, 9.17) is 16.3 Å². The lowest BCUT2D eigenvalue weighted by molar-refractivity contribution is -0.127. The Balaban J connectivity index is 1.97. The minimum atomic E-state index is -1.17. The first-order chi connectivity index (χ1) is 13.9. The number of amides is 3. The highest BCUT2D eigenvalue weighted by Gasteiger charge is 2.23. The number of imide groups is 1. The first-order valence-corrected chi connectivity index (χ1v) is 9.16. The van der Waals surface area contributed by atoms with Crippen LogP contribution in [-0.4, -0.2) is 36.0 Å². The van der Waals surface area contributed by atoms with Crippen LogP contribution in [0.25, 0.3) is 22.2 Å². The summed E-state index contributed by atoms with van der Waals surface area (Å²) in [4.78, 5) is 40.7. The molecule has 0 unspecified atom stereocenters. The van der Waals surface area contributed by atoms with Gasteiger partial charge in [-0.25, -0.2) is 14.6 Å². The minimum absolute atomic E-state index is 0.241. The molecule has 0 aliphatic heterocycles. The van der Waals surface area contributed by atoms with E-state index >= 15 is 0 Å². The van der Waals surface area contributed by atoms with Crippen LogP contribution in [0.4, 0.5) is 4.79 Å². The summed E-state index contributed by atoms with van der Waals surface area (Å²) in [7, 11) is 1.37. The van der Waals surface area contributed by atoms with Gasteiger partial charge in [-0.3, -0.25) is 10.1 Å².